The van der Waals surface area contributed by atoms with Gasteiger partial charge >= 0.3 is 0 Å². The van der Waals surface area contributed by atoms with Gasteiger partial charge in [0.05, 0.1) is 5.54 Å². The first-order chi connectivity index (χ1) is 7.47. The Morgan fingerprint density at radius 3 is 2.69 bits per heavy atom. The smallest absolute Gasteiger partial charge is 0.102 e. The van der Waals surface area contributed by atoms with Crippen molar-refractivity contribution in [3.8, 4) is 0 Å². The van der Waals surface area contributed by atoms with E-state index in [-0.39, 0.29) is 5.54 Å². The maximum Gasteiger partial charge on any atom is 0.102 e. The van der Waals surface area contributed by atoms with Crippen molar-refractivity contribution in [2.75, 3.05) is 0 Å². The molecule has 0 bridgehead atoms. The Morgan fingerprint density at radius 1 is 1.31 bits per heavy atom. The summed E-state index contributed by atoms with van der Waals surface area (Å²) in [4.78, 5) is 4.58. The molecule has 1 aromatic carbocycles. The largest absolute Gasteiger partial charge is 0.387 e. The van der Waals surface area contributed by atoms with Crippen LogP contribution in [0.25, 0.3) is 0 Å². The summed E-state index contributed by atoms with van der Waals surface area (Å²) in [5.74, 6) is 1.12. The summed E-state index contributed by atoms with van der Waals surface area (Å²) in [7, 11) is 0. The standard InChI is InChI=1S/C14H20N2/c1-14(2,3)16-13(15)12-9-8-10-6-4-5-7-11(10)12/h4-7,12H,8-9H2,1-3H3,(H2,15,16). The Labute approximate surface area is 97.6 Å². The Kier molecular flexibility index (Phi) is 2.75. The Balaban J connectivity index is 2.29. The van der Waals surface area contributed by atoms with Crippen LogP contribution in [0, 0.1) is 0 Å². The van der Waals surface area contributed by atoms with Gasteiger partial charge in [0.1, 0.15) is 5.84 Å². The number of hydrogen-bond donors (Lipinski definition) is 1. The zero-order chi connectivity index (χ0) is 11.8. The molecule has 0 saturated heterocycles. The highest BCUT2D eigenvalue weighted by Gasteiger charge is 2.25. The minimum atomic E-state index is -0.0817. The molecule has 0 amide bonds. The average molecular weight is 216 g/mol. The fraction of sp³-hybridized carbons (Fsp3) is 0.500. The van der Waals surface area contributed by atoms with Crippen LogP contribution < -0.4 is 5.73 Å². The zero-order valence-corrected chi connectivity index (χ0v) is 10.3. The van der Waals surface area contributed by atoms with E-state index in [1.807, 2.05) is 0 Å². The molecule has 1 unspecified atom stereocenters. The minimum absolute atomic E-state index is 0.0817. The molecule has 0 aliphatic heterocycles. The molecule has 2 rings (SSSR count). The van der Waals surface area contributed by atoms with E-state index >= 15 is 0 Å². The average Bonchev–Trinajstić information content (AvgIpc) is 2.58. The molecular weight excluding hydrogens is 196 g/mol. The fourth-order valence-corrected chi connectivity index (χ4v) is 2.33. The molecule has 2 heteroatoms. The molecule has 1 aromatic rings. The van der Waals surface area contributed by atoms with Crippen LogP contribution in [-0.4, -0.2) is 11.4 Å². The molecular formula is C14H20N2. The highest BCUT2D eigenvalue weighted by Crippen LogP contribution is 2.33. The molecule has 0 fully saturated rings. The van der Waals surface area contributed by atoms with Gasteiger partial charge < -0.3 is 5.73 Å². The van der Waals surface area contributed by atoms with Gasteiger partial charge in [0.2, 0.25) is 0 Å². The van der Waals surface area contributed by atoms with E-state index in [1.54, 1.807) is 0 Å². The van der Waals surface area contributed by atoms with Gasteiger partial charge in [-0.3, -0.25) is 4.99 Å². The van der Waals surface area contributed by atoms with Crippen molar-refractivity contribution in [2.45, 2.75) is 45.1 Å². The van der Waals surface area contributed by atoms with Gasteiger partial charge in [0.15, 0.2) is 0 Å². The van der Waals surface area contributed by atoms with Crippen LogP contribution in [0.3, 0.4) is 0 Å². The van der Waals surface area contributed by atoms with Crippen molar-refractivity contribution in [1.29, 1.82) is 0 Å². The van der Waals surface area contributed by atoms with Crippen LogP contribution in [0.15, 0.2) is 29.3 Å². The maximum atomic E-state index is 6.13. The highest BCUT2D eigenvalue weighted by atomic mass is 14.9. The van der Waals surface area contributed by atoms with E-state index in [0.29, 0.717) is 5.92 Å². The number of hydrogen-bond acceptors (Lipinski definition) is 1. The topological polar surface area (TPSA) is 38.4 Å². The highest BCUT2D eigenvalue weighted by molar-refractivity contribution is 5.88. The summed E-state index contributed by atoms with van der Waals surface area (Å²) in [6, 6.07) is 8.55. The second-order valence-electron chi connectivity index (χ2n) is 5.50. The number of aliphatic imine (C=N–C) groups is 1. The number of fused-ring (bicyclic) bond motifs is 1. The van der Waals surface area contributed by atoms with Gasteiger partial charge in [-0.2, -0.15) is 0 Å². The van der Waals surface area contributed by atoms with Crippen molar-refractivity contribution < 1.29 is 0 Å². The first kappa shape index (κ1) is 11.2. The summed E-state index contributed by atoms with van der Waals surface area (Å²) >= 11 is 0. The number of rotatable bonds is 1. The molecule has 1 atom stereocenters. The second kappa shape index (κ2) is 3.93. The first-order valence-corrected chi connectivity index (χ1v) is 5.90. The number of amidine groups is 1. The SMILES string of the molecule is CC(C)(C)N=C(N)C1CCc2ccccc21. The number of nitrogens with two attached hydrogens (primary N) is 1. The molecule has 0 radical (unpaired) electrons. The van der Waals surface area contributed by atoms with Crippen molar-refractivity contribution in [1.82, 2.24) is 0 Å². The zero-order valence-electron chi connectivity index (χ0n) is 10.3. The van der Waals surface area contributed by atoms with Crippen molar-refractivity contribution in [2.24, 2.45) is 10.7 Å². The quantitative estimate of drug-likeness (QED) is 0.569. The van der Waals surface area contributed by atoms with Gasteiger partial charge in [0, 0.05) is 5.92 Å². The van der Waals surface area contributed by atoms with Crippen LogP contribution in [0.2, 0.25) is 0 Å². The molecule has 1 aliphatic rings. The molecule has 0 heterocycles. The van der Waals surface area contributed by atoms with Gasteiger partial charge in [-0.15, -0.1) is 0 Å². The fourth-order valence-electron chi connectivity index (χ4n) is 2.33. The van der Waals surface area contributed by atoms with Gasteiger partial charge in [0.25, 0.3) is 0 Å². The Hall–Kier alpha value is -1.31. The lowest BCUT2D eigenvalue weighted by molar-refractivity contribution is 0.577. The third kappa shape index (κ3) is 2.26. The molecule has 0 spiro atoms. The molecule has 86 valence electrons. The van der Waals surface area contributed by atoms with Crippen LogP contribution in [0.1, 0.15) is 44.2 Å². The van der Waals surface area contributed by atoms with E-state index in [4.69, 9.17) is 5.73 Å². The predicted octanol–water partition coefficient (Wildman–Crippen LogP) is 2.87. The third-order valence-electron chi connectivity index (χ3n) is 2.95. The lowest BCUT2D eigenvalue weighted by Gasteiger charge is -2.17. The van der Waals surface area contributed by atoms with Crippen LogP contribution >= 0.6 is 0 Å². The van der Waals surface area contributed by atoms with Gasteiger partial charge in [-0.25, -0.2) is 0 Å². The van der Waals surface area contributed by atoms with E-state index in [1.165, 1.54) is 11.1 Å². The monoisotopic (exact) mass is 216 g/mol. The van der Waals surface area contributed by atoms with E-state index in [9.17, 15) is 0 Å². The summed E-state index contributed by atoms with van der Waals surface area (Å²) in [6.07, 6.45) is 2.23. The molecule has 2 nitrogen and oxygen atoms in total. The summed E-state index contributed by atoms with van der Waals surface area (Å²) in [6.45, 7) is 6.25. The molecule has 0 saturated carbocycles. The van der Waals surface area contributed by atoms with Crippen molar-refractivity contribution in [3.05, 3.63) is 35.4 Å². The summed E-state index contributed by atoms with van der Waals surface area (Å²) in [5, 5.41) is 0. The normalized spacial score (nSPS) is 20.9. The Bertz CT molecular complexity index is 413. The first-order valence-electron chi connectivity index (χ1n) is 5.90. The second-order valence-corrected chi connectivity index (χ2v) is 5.50. The van der Waals surface area contributed by atoms with Crippen LogP contribution in [-0.2, 0) is 6.42 Å². The minimum Gasteiger partial charge on any atom is -0.387 e. The predicted molar refractivity (Wildman–Crippen MR) is 68.9 cm³/mol. The number of benzene rings is 1. The van der Waals surface area contributed by atoms with E-state index in [2.05, 4.69) is 50.0 Å². The molecule has 16 heavy (non-hydrogen) atoms. The molecule has 2 N–H and O–H groups in total. The summed E-state index contributed by atoms with van der Waals surface area (Å²) in [5.41, 5.74) is 8.85. The van der Waals surface area contributed by atoms with Crippen molar-refractivity contribution in [3.63, 3.8) is 0 Å². The van der Waals surface area contributed by atoms with Gasteiger partial charge in [-0.1, -0.05) is 24.3 Å². The number of nitrogens with zero attached hydrogens (tertiary/aromatic N) is 1. The van der Waals surface area contributed by atoms with Crippen LogP contribution in [0.5, 0.6) is 0 Å². The number of aryl methyl sites for hydroxylation is 1. The Morgan fingerprint density at radius 2 is 2.00 bits per heavy atom. The van der Waals surface area contributed by atoms with Crippen LogP contribution in [0.4, 0.5) is 0 Å². The van der Waals surface area contributed by atoms with Gasteiger partial charge in [-0.05, 0) is 44.7 Å². The van der Waals surface area contributed by atoms with E-state index in [0.717, 1.165) is 18.7 Å². The lowest BCUT2D eigenvalue weighted by atomic mass is 9.99. The molecule has 0 aromatic heterocycles. The summed E-state index contributed by atoms with van der Waals surface area (Å²) < 4.78 is 0. The lowest BCUT2D eigenvalue weighted by Crippen LogP contribution is -2.25. The maximum absolute atomic E-state index is 6.13. The third-order valence-corrected chi connectivity index (χ3v) is 2.95. The van der Waals surface area contributed by atoms with E-state index < -0.39 is 0 Å². The van der Waals surface area contributed by atoms with Crippen molar-refractivity contribution >= 4 is 5.84 Å². The molecule has 1 aliphatic carbocycles.